The Morgan fingerprint density at radius 1 is 1.24 bits per heavy atom. The normalized spacial score (nSPS) is 11.9. The lowest BCUT2D eigenvalue weighted by Gasteiger charge is -2.05. The van der Waals surface area contributed by atoms with E-state index in [1.165, 1.54) is 17.3 Å². The highest BCUT2D eigenvalue weighted by Gasteiger charge is 2.01. The van der Waals surface area contributed by atoms with E-state index in [1.807, 2.05) is 31.2 Å². The number of nitrogens with one attached hydrogen (secondary N) is 1. The van der Waals surface area contributed by atoms with Crippen molar-refractivity contribution >= 4 is 30.0 Å². The van der Waals surface area contributed by atoms with E-state index in [4.69, 9.17) is 0 Å². The Morgan fingerprint density at radius 2 is 2.00 bits per heavy atom. The standard InChI is InChI=1S/C20H23N3OS/c1-15(2)18-9-7-17(8-10-18)12-16(3)13-22-23-19(24)14-25-20-6-4-5-11-21-20/h4-13,15H,14H2,1-3H3,(H,23,24). The fourth-order valence-electron chi connectivity index (χ4n) is 2.09. The van der Waals surface area contributed by atoms with Gasteiger partial charge >= 0.3 is 0 Å². The van der Waals surface area contributed by atoms with Gasteiger partial charge in [0.15, 0.2) is 0 Å². The molecule has 0 bridgehead atoms. The van der Waals surface area contributed by atoms with Gasteiger partial charge in [0.1, 0.15) is 0 Å². The van der Waals surface area contributed by atoms with Crippen LogP contribution in [0.15, 0.2) is 64.4 Å². The van der Waals surface area contributed by atoms with Crippen molar-refractivity contribution in [2.24, 2.45) is 5.10 Å². The monoisotopic (exact) mass is 353 g/mol. The van der Waals surface area contributed by atoms with Gasteiger partial charge in [0, 0.05) is 6.20 Å². The van der Waals surface area contributed by atoms with Crippen LogP contribution in [0.25, 0.3) is 6.08 Å². The molecule has 1 aromatic carbocycles. The predicted octanol–water partition coefficient (Wildman–Crippen LogP) is 4.50. The Morgan fingerprint density at radius 3 is 2.64 bits per heavy atom. The molecular formula is C20H23N3OS. The molecular weight excluding hydrogens is 330 g/mol. The number of aromatic nitrogens is 1. The zero-order valence-corrected chi connectivity index (χ0v) is 15.6. The van der Waals surface area contributed by atoms with Crippen LogP contribution in [-0.2, 0) is 4.79 Å². The molecule has 1 N–H and O–H groups in total. The summed E-state index contributed by atoms with van der Waals surface area (Å²) in [6, 6.07) is 14.1. The van der Waals surface area contributed by atoms with Gasteiger partial charge in [-0.2, -0.15) is 5.10 Å². The van der Waals surface area contributed by atoms with E-state index in [-0.39, 0.29) is 11.7 Å². The number of carbonyl (C=O) groups is 1. The zero-order chi connectivity index (χ0) is 18.1. The first-order chi connectivity index (χ1) is 12.0. The summed E-state index contributed by atoms with van der Waals surface area (Å²) in [6.07, 6.45) is 5.39. The van der Waals surface area contributed by atoms with Crippen molar-refractivity contribution in [3.05, 3.63) is 65.4 Å². The highest BCUT2D eigenvalue weighted by Crippen LogP contribution is 2.16. The molecule has 5 heteroatoms. The maximum Gasteiger partial charge on any atom is 0.250 e. The fraction of sp³-hybridized carbons (Fsp3) is 0.250. The number of carbonyl (C=O) groups excluding carboxylic acids is 1. The molecule has 0 unspecified atom stereocenters. The summed E-state index contributed by atoms with van der Waals surface area (Å²) in [4.78, 5) is 15.9. The van der Waals surface area contributed by atoms with E-state index in [2.05, 4.69) is 53.6 Å². The highest BCUT2D eigenvalue weighted by atomic mass is 32.2. The molecule has 1 heterocycles. The van der Waals surface area contributed by atoms with E-state index in [0.717, 1.165) is 16.2 Å². The van der Waals surface area contributed by atoms with Gasteiger partial charge < -0.3 is 0 Å². The van der Waals surface area contributed by atoms with Crippen LogP contribution in [0.4, 0.5) is 0 Å². The van der Waals surface area contributed by atoms with Crippen LogP contribution >= 0.6 is 11.8 Å². The minimum atomic E-state index is -0.152. The molecule has 0 spiro atoms. The number of benzene rings is 1. The summed E-state index contributed by atoms with van der Waals surface area (Å²) in [6.45, 7) is 6.31. The average molecular weight is 353 g/mol. The lowest BCUT2D eigenvalue weighted by molar-refractivity contribution is -0.118. The molecule has 1 aromatic heterocycles. The van der Waals surface area contributed by atoms with E-state index in [1.54, 1.807) is 12.4 Å². The van der Waals surface area contributed by atoms with Gasteiger partial charge in [-0.25, -0.2) is 10.4 Å². The third-order valence-electron chi connectivity index (χ3n) is 3.44. The van der Waals surface area contributed by atoms with Gasteiger partial charge in [-0.3, -0.25) is 4.79 Å². The Labute approximate surface area is 153 Å². The van der Waals surface area contributed by atoms with Gasteiger partial charge in [-0.1, -0.05) is 62.0 Å². The van der Waals surface area contributed by atoms with E-state index < -0.39 is 0 Å². The SMILES string of the molecule is CC(C=NNC(=O)CSc1ccccn1)=Cc1ccc(C(C)C)cc1. The molecule has 0 atom stereocenters. The van der Waals surface area contributed by atoms with Crippen molar-refractivity contribution in [1.82, 2.24) is 10.4 Å². The molecule has 2 rings (SSSR count). The smallest absolute Gasteiger partial charge is 0.250 e. The summed E-state index contributed by atoms with van der Waals surface area (Å²) in [7, 11) is 0. The van der Waals surface area contributed by atoms with Crippen molar-refractivity contribution in [2.75, 3.05) is 5.75 Å². The maximum atomic E-state index is 11.8. The lowest BCUT2D eigenvalue weighted by Crippen LogP contribution is -2.19. The van der Waals surface area contributed by atoms with Gasteiger partial charge in [0.25, 0.3) is 0 Å². The predicted molar refractivity (Wildman–Crippen MR) is 106 cm³/mol. The van der Waals surface area contributed by atoms with Gasteiger partial charge in [0.2, 0.25) is 5.91 Å². The third-order valence-corrected chi connectivity index (χ3v) is 4.39. The molecule has 0 fully saturated rings. The number of pyridine rings is 1. The number of allylic oxidation sites excluding steroid dienone is 1. The number of hydrazone groups is 1. The first-order valence-electron chi connectivity index (χ1n) is 8.18. The summed E-state index contributed by atoms with van der Waals surface area (Å²) < 4.78 is 0. The minimum Gasteiger partial charge on any atom is -0.272 e. The van der Waals surface area contributed by atoms with Crippen LogP contribution in [0.3, 0.4) is 0 Å². The van der Waals surface area contributed by atoms with Crippen molar-refractivity contribution in [1.29, 1.82) is 0 Å². The molecule has 4 nitrogen and oxygen atoms in total. The molecule has 0 saturated heterocycles. The van der Waals surface area contributed by atoms with Gasteiger partial charge in [0.05, 0.1) is 17.0 Å². The molecule has 2 aromatic rings. The quantitative estimate of drug-likeness (QED) is 0.453. The highest BCUT2D eigenvalue weighted by molar-refractivity contribution is 7.99. The maximum absolute atomic E-state index is 11.8. The van der Waals surface area contributed by atoms with Crippen molar-refractivity contribution in [3.63, 3.8) is 0 Å². The van der Waals surface area contributed by atoms with Crippen LogP contribution in [0, 0.1) is 0 Å². The zero-order valence-electron chi connectivity index (χ0n) is 14.8. The number of hydrogen-bond acceptors (Lipinski definition) is 4. The second kappa shape index (κ2) is 9.79. The van der Waals surface area contributed by atoms with Crippen LogP contribution in [0.2, 0.25) is 0 Å². The van der Waals surface area contributed by atoms with E-state index >= 15 is 0 Å². The topological polar surface area (TPSA) is 54.4 Å². The summed E-state index contributed by atoms with van der Waals surface area (Å²) in [5.41, 5.74) is 5.94. The molecule has 130 valence electrons. The Kier molecular flexibility index (Phi) is 7.41. The van der Waals surface area contributed by atoms with Gasteiger partial charge in [-0.05, 0) is 41.7 Å². The number of nitrogens with zero attached hydrogens (tertiary/aromatic N) is 2. The summed E-state index contributed by atoms with van der Waals surface area (Å²) in [5.74, 6) is 0.661. The van der Waals surface area contributed by atoms with E-state index in [0.29, 0.717) is 5.92 Å². The first-order valence-corrected chi connectivity index (χ1v) is 9.17. The van der Waals surface area contributed by atoms with Gasteiger partial charge in [-0.15, -0.1) is 0 Å². The molecule has 0 aliphatic rings. The molecule has 25 heavy (non-hydrogen) atoms. The van der Waals surface area contributed by atoms with Crippen LogP contribution < -0.4 is 5.43 Å². The molecule has 1 amide bonds. The van der Waals surface area contributed by atoms with E-state index in [9.17, 15) is 4.79 Å². The lowest BCUT2D eigenvalue weighted by atomic mass is 10.0. The number of rotatable bonds is 7. The second-order valence-corrected chi connectivity index (χ2v) is 6.96. The summed E-state index contributed by atoms with van der Waals surface area (Å²) >= 11 is 1.38. The van der Waals surface area contributed by atoms with Crippen molar-refractivity contribution in [2.45, 2.75) is 31.7 Å². The summed E-state index contributed by atoms with van der Waals surface area (Å²) in [5, 5.41) is 4.82. The number of amides is 1. The fourth-order valence-corrected chi connectivity index (χ4v) is 2.74. The first kappa shape index (κ1) is 18.9. The molecule has 0 aliphatic heterocycles. The molecule has 0 saturated carbocycles. The molecule has 0 radical (unpaired) electrons. The third kappa shape index (κ3) is 6.93. The minimum absolute atomic E-state index is 0.152. The Hall–Kier alpha value is -2.40. The Bertz CT molecular complexity index is 737. The van der Waals surface area contributed by atoms with Crippen LogP contribution in [-0.4, -0.2) is 22.9 Å². The Balaban J connectivity index is 1.80. The number of thioether (sulfide) groups is 1. The second-order valence-electron chi connectivity index (χ2n) is 5.96. The van der Waals surface area contributed by atoms with Crippen LogP contribution in [0.1, 0.15) is 37.8 Å². The average Bonchev–Trinajstić information content (AvgIpc) is 2.61. The largest absolute Gasteiger partial charge is 0.272 e. The van der Waals surface area contributed by atoms with Crippen molar-refractivity contribution < 1.29 is 4.79 Å². The molecule has 0 aliphatic carbocycles. The number of hydrogen-bond donors (Lipinski definition) is 1. The van der Waals surface area contributed by atoms with Crippen molar-refractivity contribution in [3.8, 4) is 0 Å². The van der Waals surface area contributed by atoms with Crippen LogP contribution in [0.5, 0.6) is 0 Å².